The van der Waals surface area contributed by atoms with Gasteiger partial charge in [0.1, 0.15) is 11.6 Å². The number of aromatic amines is 1. The van der Waals surface area contributed by atoms with Crippen molar-refractivity contribution >= 4 is 16.6 Å². The smallest absolute Gasteiger partial charge is 0.268 e. The van der Waals surface area contributed by atoms with Crippen molar-refractivity contribution in [1.82, 2.24) is 4.98 Å². The highest BCUT2D eigenvalue weighted by molar-refractivity contribution is 5.95. The third kappa shape index (κ3) is 2.82. The number of aryl methyl sites for hydroxylation is 1. The Kier molecular flexibility index (Phi) is 3.87. The SMILES string of the molecule is CCc1ccc2[nH]c(=O)c(C#N)c(N3CCC(C)(O)CC3)c2c1. The fraction of sp³-hybridized carbons (Fsp3) is 0.444. The number of aromatic nitrogens is 1. The largest absolute Gasteiger partial charge is 0.390 e. The maximum absolute atomic E-state index is 12.3. The molecule has 0 amide bonds. The number of nitrogens with zero attached hydrogens (tertiary/aromatic N) is 2. The van der Waals surface area contributed by atoms with E-state index in [9.17, 15) is 15.2 Å². The summed E-state index contributed by atoms with van der Waals surface area (Å²) in [5.41, 5.74) is 1.76. The van der Waals surface area contributed by atoms with Crippen molar-refractivity contribution in [2.75, 3.05) is 18.0 Å². The van der Waals surface area contributed by atoms with E-state index in [-0.39, 0.29) is 11.1 Å². The summed E-state index contributed by atoms with van der Waals surface area (Å²) >= 11 is 0. The van der Waals surface area contributed by atoms with E-state index in [1.165, 1.54) is 5.56 Å². The van der Waals surface area contributed by atoms with Crippen molar-refractivity contribution in [2.24, 2.45) is 0 Å². The molecule has 1 saturated heterocycles. The maximum Gasteiger partial charge on any atom is 0.268 e. The summed E-state index contributed by atoms with van der Waals surface area (Å²) in [6, 6.07) is 8.01. The van der Waals surface area contributed by atoms with Crippen LogP contribution in [0, 0.1) is 11.3 Å². The number of rotatable bonds is 2. The Hall–Kier alpha value is -2.32. The first kappa shape index (κ1) is 15.6. The van der Waals surface area contributed by atoms with Crippen molar-refractivity contribution in [3.05, 3.63) is 39.7 Å². The number of hydrogen-bond acceptors (Lipinski definition) is 4. The van der Waals surface area contributed by atoms with Crippen LogP contribution in [0.3, 0.4) is 0 Å². The van der Waals surface area contributed by atoms with E-state index in [0.717, 1.165) is 17.3 Å². The Balaban J connectivity index is 2.20. The predicted octanol–water partition coefficient (Wildman–Crippen LogP) is 2.31. The lowest BCUT2D eigenvalue weighted by atomic mass is 9.92. The van der Waals surface area contributed by atoms with Crippen LogP contribution < -0.4 is 10.5 Å². The fourth-order valence-corrected chi connectivity index (χ4v) is 3.19. The highest BCUT2D eigenvalue weighted by Crippen LogP contribution is 2.32. The van der Waals surface area contributed by atoms with Gasteiger partial charge < -0.3 is 15.0 Å². The van der Waals surface area contributed by atoms with Crippen molar-refractivity contribution in [3.63, 3.8) is 0 Å². The molecule has 2 aromatic rings. The standard InChI is InChI=1S/C18H21N3O2/c1-3-12-4-5-15-13(10-12)16(14(11-19)17(22)20-15)21-8-6-18(2,23)7-9-21/h4-5,10,23H,3,6-9H2,1-2H3,(H,20,22). The molecule has 0 radical (unpaired) electrons. The quantitative estimate of drug-likeness (QED) is 0.892. The summed E-state index contributed by atoms with van der Waals surface area (Å²) in [4.78, 5) is 17.1. The van der Waals surface area contributed by atoms with Crippen molar-refractivity contribution in [2.45, 2.75) is 38.7 Å². The Morgan fingerprint density at radius 3 is 2.70 bits per heavy atom. The average molecular weight is 311 g/mol. The van der Waals surface area contributed by atoms with E-state index in [0.29, 0.717) is 31.6 Å². The van der Waals surface area contributed by atoms with Crippen LogP contribution in [0.5, 0.6) is 0 Å². The first-order valence-corrected chi connectivity index (χ1v) is 8.01. The molecular formula is C18H21N3O2. The predicted molar refractivity (Wildman–Crippen MR) is 90.7 cm³/mol. The van der Waals surface area contributed by atoms with E-state index < -0.39 is 5.60 Å². The molecule has 5 nitrogen and oxygen atoms in total. The van der Waals surface area contributed by atoms with Crippen molar-refractivity contribution < 1.29 is 5.11 Å². The van der Waals surface area contributed by atoms with Crippen LogP contribution in [0.15, 0.2) is 23.0 Å². The number of nitrogens with one attached hydrogen (secondary N) is 1. The summed E-state index contributed by atoms with van der Waals surface area (Å²) in [5, 5.41) is 20.5. The second-order valence-electron chi connectivity index (χ2n) is 6.51. The van der Waals surface area contributed by atoms with Crippen molar-refractivity contribution in [3.8, 4) is 6.07 Å². The number of H-pyrrole nitrogens is 1. The minimum atomic E-state index is -0.672. The highest BCUT2D eigenvalue weighted by atomic mass is 16.3. The molecule has 0 bridgehead atoms. The van der Waals surface area contributed by atoms with Crippen LogP contribution in [0.1, 0.15) is 37.8 Å². The Labute approximate surface area is 135 Å². The lowest BCUT2D eigenvalue weighted by molar-refractivity contribution is 0.0352. The van der Waals surface area contributed by atoms with Gasteiger partial charge in [0.2, 0.25) is 0 Å². The molecular weight excluding hydrogens is 290 g/mol. The molecule has 0 unspecified atom stereocenters. The van der Waals surface area contributed by atoms with Crippen LogP contribution in [-0.4, -0.2) is 28.8 Å². The molecule has 0 saturated carbocycles. The van der Waals surface area contributed by atoms with E-state index in [1.54, 1.807) is 0 Å². The minimum absolute atomic E-state index is 0.160. The number of pyridine rings is 1. The molecule has 5 heteroatoms. The summed E-state index contributed by atoms with van der Waals surface area (Å²) in [6.07, 6.45) is 2.14. The molecule has 1 aromatic carbocycles. The van der Waals surface area contributed by atoms with Gasteiger partial charge >= 0.3 is 0 Å². The molecule has 0 spiro atoms. The zero-order chi connectivity index (χ0) is 16.6. The normalized spacial score (nSPS) is 17.2. The number of benzene rings is 1. The Morgan fingerprint density at radius 1 is 1.39 bits per heavy atom. The van der Waals surface area contributed by atoms with E-state index in [4.69, 9.17) is 0 Å². The third-order valence-corrected chi connectivity index (χ3v) is 4.73. The van der Waals surface area contributed by atoms with Gasteiger partial charge in [0.15, 0.2) is 0 Å². The van der Waals surface area contributed by atoms with Crippen LogP contribution in [0.25, 0.3) is 10.9 Å². The first-order valence-electron chi connectivity index (χ1n) is 8.01. The van der Waals surface area contributed by atoms with Gasteiger partial charge in [-0.1, -0.05) is 13.0 Å². The number of nitriles is 1. The van der Waals surface area contributed by atoms with Crippen LogP contribution >= 0.6 is 0 Å². The van der Waals surface area contributed by atoms with Gasteiger partial charge in [-0.05, 0) is 43.9 Å². The lowest BCUT2D eigenvalue weighted by Gasteiger charge is -2.37. The van der Waals surface area contributed by atoms with Gasteiger partial charge in [-0.2, -0.15) is 5.26 Å². The second kappa shape index (κ2) is 5.71. The maximum atomic E-state index is 12.3. The zero-order valence-electron chi connectivity index (χ0n) is 13.5. The van der Waals surface area contributed by atoms with E-state index in [1.807, 2.05) is 25.1 Å². The molecule has 0 aliphatic carbocycles. The molecule has 1 aliphatic heterocycles. The topological polar surface area (TPSA) is 80.1 Å². The first-order chi connectivity index (χ1) is 10.9. The zero-order valence-corrected chi connectivity index (χ0v) is 13.5. The molecule has 2 heterocycles. The van der Waals surface area contributed by atoms with Gasteiger partial charge in [0.05, 0.1) is 16.8 Å². The van der Waals surface area contributed by atoms with Gasteiger partial charge in [-0.15, -0.1) is 0 Å². The molecule has 1 fully saturated rings. The molecule has 1 aliphatic rings. The van der Waals surface area contributed by atoms with Crippen molar-refractivity contribution in [1.29, 1.82) is 5.26 Å². The number of piperidine rings is 1. The summed E-state index contributed by atoms with van der Waals surface area (Å²) in [6.45, 7) is 5.18. The van der Waals surface area contributed by atoms with Crippen LogP contribution in [-0.2, 0) is 6.42 Å². The third-order valence-electron chi connectivity index (χ3n) is 4.73. The van der Waals surface area contributed by atoms with Gasteiger partial charge in [-0.3, -0.25) is 4.79 Å². The number of hydrogen-bond donors (Lipinski definition) is 2. The minimum Gasteiger partial charge on any atom is -0.390 e. The Morgan fingerprint density at radius 2 is 2.09 bits per heavy atom. The van der Waals surface area contributed by atoms with Crippen LogP contribution in [0.4, 0.5) is 5.69 Å². The lowest BCUT2D eigenvalue weighted by Crippen LogP contribution is -2.43. The number of fused-ring (bicyclic) bond motifs is 1. The highest BCUT2D eigenvalue weighted by Gasteiger charge is 2.29. The van der Waals surface area contributed by atoms with Gasteiger partial charge in [0, 0.05) is 18.5 Å². The number of anilines is 1. The summed E-state index contributed by atoms with van der Waals surface area (Å²) in [7, 11) is 0. The monoisotopic (exact) mass is 311 g/mol. The Bertz CT molecular complexity index is 836. The summed E-state index contributed by atoms with van der Waals surface area (Å²) < 4.78 is 0. The molecule has 2 N–H and O–H groups in total. The summed E-state index contributed by atoms with van der Waals surface area (Å²) in [5.74, 6) is 0. The molecule has 3 rings (SSSR count). The fourth-order valence-electron chi connectivity index (χ4n) is 3.19. The van der Waals surface area contributed by atoms with E-state index >= 15 is 0 Å². The second-order valence-corrected chi connectivity index (χ2v) is 6.51. The molecule has 120 valence electrons. The molecule has 23 heavy (non-hydrogen) atoms. The average Bonchev–Trinajstić information content (AvgIpc) is 2.53. The van der Waals surface area contributed by atoms with E-state index in [2.05, 4.69) is 22.9 Å². The van der Waals surface area contributed by atoms with Crippen LogP contribution in [0.2, 0.25) is 0 Å². The molecule has 0 atom stereocenters. The van der Waals surface area contributed by atoms with Gasteiger partial charge in [-0.25, -0.2) is 0 Å². The number of aliphatic hydroxyl groups is 1. The van der Waals surface area contributed by atoms with Gasteiger partial charge in [0.25, 0.3) is 5.56 Å². The molecule has 1 aromatic heterocycles.